The lowest BCUT2D eigenvalue weighted by Gasteiger charge is -2.26. The van der Waals surface area contributed by atoms with Crippen LogP contribution in [0.3, 0.4) is 0 Å². The van der Waals surface area contributed by atoms with E-state index in [1.807, 2.05) is 6.92 Å². The smallest absolute Gasteiger partial charge is 0.251 e. The Kier molecular flexibility index (Phi) is 7.62. The van der Waals surface area contributed by atoms with Crippen molar-refractivity contribution in [3.63, 3.8) is 0 Å². The third-order valence-corrected chi connectivity index (χ3v) is 4.04. The Morgan fingerprint density at radius 2 is 2.12 bits per heavy atom. The number of methoxy groups -OCH3 is 1. The number of hydrogen-bond acceptors (Lipinski definition) is 5. The first-order valence-corrected chi connectivity index (χ1v) is 8.62. The quantitative estimate of drug-likeness (QED) is 0.773. The van der Waals surface area contributed by atoms with Crippen LogP contribution in [0.25, 0.3) is 0 Å². The van der Waals surface area contributed by atoms with Gasteiger partial charge in [0.15, 0.2) is 11.5 Å². The van der Waals surface area contributed by atoms with Gasteiger partial charge in [0, 0.05) is 31.7 Å². The molecular weight excluding hydrogens is 332 g/mol. The summed E-state index contributed by atoms with van der Waals surface area (Å²) in [5.74, 6) is 0.769. The zero-order chi connectivity index (χ0) is 17.4. The second-order valence-electron chi connectivity index (χ2n) is 5.55. The van der Waals surface area contributed by atoms with Gasteiger partial charge in [-0.15, -0.1) is 0 Å². The molecule has 2 rings (SSSR count). The van der Waals surface area contributed by atoms with Gasteiger partial charge < -0.3 is 19.5 Å². The van der Waals surface area contributed by atoms with Crippen molar-refractivity contribution in [2.45, 2.75) is 13.3 Å². The zero-order valence-electron chi connectivity index (χ0n) is 14.3. The molecule has 0 spiro atoms. The molecule has 0 radical (unpaired) electrons. The number of halogens is 1. The summed E-state index contributed by atoms with van der Waals surface area (Å²) in [4.78, 5) is 14.6. The Labute approximate surface area is 148 Å². The van der Waals surface area contributed by atoms with Crippen LogP contribution in [0.4, 0.5) is 0 Å². The van der Waals surface area contributed by atoms with Gasteiger partial charge in [-0.2, -0.15) is 0 Å². The Hall–Kier alpha value is -1.50. The normalized spacial score (nSPS) is 15.1. The van der Waals surface area contributed by atoms with E-state index in [0.29, 0.717) is 35.2 Å². The largest absolute Gasteiger partial charge is 0.493 e. The summed E-state index contributed by atoms with van der Waals surface area (Å²) in [6, 6.07) is 3.26. The zero-order valence-corrected chi connectivity index (χ0v) is 15.0. The van der Waals surface area contributed by atoms with E-state index in [-0.39, 0.29) is 5.91 Å². The molecule has 0 aliphatic carbocycles. The maximum absolute atomic E-state index is 12.3. The molecule has 0 aromatic heterocycles. The summed E-state index contributed by atoms with van der Waals surface area (Å²) in [5, 5.41) is 3.29. The second-order valence-corrected chi connectivity index (χ2v) is 5.96. The second kappa shape index (κ2) is 9.71. The molecule has 0 unspecified atom stereocenters. The molecule has 1 amide bonds. The molecule has 1 N–H and O–H groups in total. The van der Waals surface area contributed by atoms with E-state index in [2.05, 4.69) is 10.2 Å². The topological polar surface area (TPSA) is 60.0 Å². The first kappa shape index (κ1) is 18.8. The van der Waals surface area contributed by atoms with Gasteiger partial charge in [0.1, 0.15) is 0 Å². The van der Waals surface area contributed by atoms with Crippen molar-refractivity contribution >= 4 is 17.5 Å². The van der Waals surface area contributed by atoms with Crippen LogP contribution < -0.4 is 14.8 Å². The molecule has 1 aromatic rings. The summed E-state index contributed by atoms with van der Waals surface area (Å²) in [5.41, 5.74) is 0.461. The number of benzene rings is 1. The SMILES string of the molecule is CCCOc1c(Cl)cc(C(=O)NCCN2CCOCC2)cc1OC. The summed E-state index contributed by atoms with van der Waals surface area (Å²) in [7, 11) is 1.53. The van der Waals surface area contributed by atoms with Gasteiger partial charge in [0.2, 0.25) is 0 Å². The number of carbonyl (C=O) groups excluding carboxylic acids is 1. The summed E-state index contributed by atoms with van der Waals surface area (Å²) >= 11 is 6.24. The molecule has 1 saturated heterocycles. The van der Waals surface area contributed by atoms with E-state index in [4.69, 9.17) is 25.8 Å². The molecule has 1 aliphatic heterocycles. The van der Waals surface area contributed by atoms with Crippen molar-refractivity contribution in [2.75, 3.05) is 53.1 Å². The molecular formula is C17H25ClN2O4. The maximum atomic E-state index is 12.3. The van der Waals surface area contributed by atoms with Crippen molar-refractivity contribution in [3.05, 3.63) is 22.7 Å². The van der Waals surface area contributed by atoms with Gasteiger partial charge >= 0.3 is 0 Å². The fraction of sp³-hybridized carbons (Fsp3) is 0.588. The van der Waals surface area contributed by atoms with E-state index in [1.165, 1.54) is 7.11 Å². The van der Waals surface area contributed by atoms with Gasteiger partial charge in [-0.25, -0.2) is 0 Å². The lowest BCUT2D eigenvalue weighted by atomic mass is 10.2. The van der Waals surface area contributed by atoms with Crippen LogP contribution in [0.1, 0.15) is 23.7 Å². The van der Waals surface area contributed by atoms with E-state index >= 15 is 0 Å². The molecule has 0 bridgehead atoms. The number of hydrogen-bond donors (Lipinski definition) is 1. The lowest BCUT2D eigenvalue weighted by molar-refractivity contribution is 0.0383. The van der Waals surface area contributed by atoms with Gasteiger partial charge in [0.05, 0.1) is 32.0 Å². The molecule has 1 aliphatic rings. The third-order valence-electron chi connectivity index (χ3n) is 3.76. The standard InChI is InChI=1S/C17H25ClN2O4/c1-3-8-24-16-14(18)11-13(12-15(16)22-2)17(21)19-4-5-20-6-9-23-10-7-20/h11-12H,3-10H2,1-2H3,(H,19,21). The van der Waals surface area contributed by atoms with Crippen molar-refractivity contribution < 1.29 is 19.0 Å². The highest BCUT2D eigenvalue weighted by Gasteiger charge is 2.16. The maximum Gasteiger partial charge on any atom is 0.251 e. The Morgan fingerprint density at radius 1 is 1.38 bits per heavy atom. The molecule has 7 heteroatoms. The van der Waals surface area contributed by atoms with Crippen molar-refractivity contribution in [1.29, 1.82) is 0 Å². The van der Waals surface area contributed by atoms with Crippen LogP contribution in [-0.2, 0) is 4.74 Å². The first-order chi connectivity index (χ1) is 11.7. The average molecular weight is 357 g/mol. The minimum Gasteiger partial charge on any atom is -0.493 e. The van der Waals surface area contributed by atoms with Crippen molar-refractivity contribution in [3.8, 4) is 11.5 Å². The van der Waals surface area contributed by atoms with E-state index in [0.717, 1.165) is 39.3 Å². The minimum absolute atomic E-state index is 0.175. The fourth-order valence-corrected chi connectivity index (χ4v) is 2.71. The number of rotatable bonds is 8. The van der Waals surface area contributed by atoms with E-state index in [9.17, 15) is 4.79 Å². The number of ether oxygens (including phenoxy) is 3. The predicted molar refractivity (Wildman–Crippen MR) is 93.4 cm³/mol. The van der Waals surface area contributed by atoms with Gasteiger partial charge in [-0.1, -0.05) is 18.5 Å². The molecule has 0 atom stereocenters. The Balaban J connectivity index is 1.94. The molecule has 1 fully saturated rings. The molecule has 134 valence electrons. The highest BCUT2D eigenvalue weighted by atomic mass is 35.5. The Morgan fingerprint density at radius 3 is 2.79 bits per heavy atom. The first-order valence-electron chi connectivity index (χ1n) is 8.24. The summed E-state index contributed by atoms with van der Waals surface area (Å²) < 4.78 is 16.2. The number of carbonyl (C=O) groups is 1. The molecule has 24 heavy (non-hydrogen) atoms. The van der Waals surface area contributed by atoms with Crippen LogP contribution in [0, 0.1) is 0 Å². The van der Waals surface area contributed by atoms with Crippen LogP contribution in [0.2, 0.25) is 5.02 Å². The number of amides is 1. The predicted octanol–water partition coefficient (Wildman–Crippen LogP) is 2.20. The number of morpholine rings is 1. The van der Waals surface area contributed by atoms with Gasteiger partial charge in [-0.05, 0) is 18.6 Å². The van der Waals surface area contributed by atoms with Crippen LogP contribution >= 0.6 is 11.6 Å². The van der Waals surface area contributed by atoms with Crippen LogP contribution in [0.5, 0.6) is 11.5 Å². The van der Waals surface area contributed by atoms with Gasteiger partial charge in [-0.3, -0.25) is 9.69 Å². The minimum atomic E-state index is -0.175. The molecule has 6 nitrogen and oxygen atoms in total. The summed E-state index contributed by atoms with van der Waals surface area (Å²) in [6.45, 7) is 7.24. The van der Waals surface area contributed by atoms with E-state index in [1.54, 1.807) is 12.1 Å². The monoisotopic (exact) mass is 356 g/mol. The molecule has 0 saturated carbocycles. The molecule has 1 heterocycles. The lowest BCUT2D eigenvalue weighted by Crippen LogP contribution is -2.41. The van der Waals surface area contributed by atoms with Crippen LogP contribution in [-0.4, -0.2) is 63.9 Å². The van der Waals surface area contributed by atoms with Gasteiger partial charge in [0.25, 0.3) is 5.91 Å². The third kappa shape index (κ3) is 5.26. The van der Waals surface area contributed by atoms with E-state index < -0.39 is 0 Å². The summed E-state index contributed by atoms with van der Waals surface area (Å²) in [6.07, 6.45) is 0.864. The van der Waals surface area contributed by atoms with Crippen LogP contribution in [0.15, 0.2) is 12.1 Å². The highest BCUT2D eigenvalue weighted by Crippen LogP contribution is 2.36. The highest BCUT2D eigenvalue weighted by molar-refractivity contribution is 6.32. The van der Waals surface area contributed by atoms with Crippen molar-refractivity contribution in [1.82, 2.24) is 10.2 Å². The molecule has 1 aromatic carbocycles. The van der Waals surface area contributed by atoms with Crippen molar-refractivity contribution in [2.24, 2.45) is 0 Å². The number of nitrogens with zero attached hydrogens (tertiary/aromatic N) is 1. The number of nitrogens with one attached hydrogen (secondary N) is 1. The Bertz CT molecular complexity index is 548. The average Bonchev–Trinajstić information content (AvgIpc) is 2.60. The fourth-order valence-electron chi connectivity index (χ4n) is 2.45.